The smallest absolute Gasteiger partial charge is 0.140 e. The second-order valence-corrected chi connectivity index (χ2v) is 4.63. The lowest BCUT2D eigenvalue weighted by Crippen LogP contribution is -2.27. The van der Waals surface area contributed by atoms with Crippen molar-refractivity contribution in [1.82, 2.24) is 0 Å². The third-order valence-electron chi connectivity index (χ3n) is 2.50. The lowest BCUT2D eigenvalue weighted by atomic mass is 9.97. The first-order valence-electron chi connectivity index (χ1n) is 5.34. The Balaban J connectivity index is 2.68. The van der Waals surface area contributed by atoms with Crippen molar-refractivity contribution in [2.45, 2.75) is 32.3 Å². The van der Waals surface area contributed by atoms with Crippen molar-refractivity contribution >= 4 is 5.78 Å². The van der Waals surface area contributed by atoms with Gasteiger partial charge in [-0.25, -0.2) is 8.78 Å². The highest BCUT2D eigenvalue weighted by Gasteiger charge is 2.21. The summed E-state index contributed by atoms with van der Waals surface area (Å²) in [5, 5.41) is 0. The van der Waals surface area contributed by atoms with E-state index in [4.69, 9.17) is 4.74 Å². The number of carbonyl (C=O) groups excluding carboxylic acids is 1. The average Bonchev–Trinajstić information content (AvgIpc) is 2.14. The molecule has 0 radical (unpaired) electrons. The van der Waals surface area contributed by atoms with Crippen molar-refractivity contribution in [1.29, 1.82) is 0 Å². The predicted molar refractivity (Wildman–Crippen MR) is 60.8 cm³/mol. The largest absolute Gasteiger partial charge is 0.378 e. The molecule has 94 valence electrons. The van der Waals surface area contributed by atoms with E-state index in [-0.39, 0.29) is 18.6 Å². The summed E-state index contributed by atoms with van der Waals surface area (Å²) in [5.41, 5.74) is -0.206. The van der Waals surface area contributed by atoms with E-state index >= 15 is 0 Å². The summed E-state index contributed by atoms with van der Waals surface area (Å²) >= 11 is 0. The minimum absolute atomic E-state index is 0.0153. The maximum atomic E-state index is 12.9. The van der Waals surface area contributed by atoms with Gasteiger partial charge in [0.2, 0.25) is 0 Å². The molecule has 0 aliphatic rings. The standard InChI is InChI=1S/C13H16F2O2/c1-13(2,17-3)8-12(16)6-9-4-10(14)7-11(15)5-9/h4-5,7H,6,8H2,1-3H3. The van der Waals surface area contributed by atoms with Crippen molar-refractivity contribution in [2.75, 3.05) is 7.11 Å². The maximum absolute atomic E-state index is 12.9. The van der Waals surface area contributed by atoms with Crippen LogP contribution in [0.4, 0.5) is 8.78 Å². The molecule has 0 atom stereocenters. The van der Waals surface area contributed by atoms with Gasteiger partial charge in [-0.3, -0.25) is 4.79 Å². The summed E-state index contributed by atoms with van der Waals surface area (Å²) < 4.78 is 30.9. The lowest BCUT2D eigenvalue weighted by Gasteiger charge is -2.21. The van der Waals surface area contributed by atoms with Gasteiger partial charge in [0.15, 0.2) is 0 Å². The van der Waals surface area contributed by atoms with Crippen LogP contribution in [0.3, 0.4) is 0 Å². The number of hydrogen-bond donors (Lipinski definition) is 0. The average molecular weight is 242 g/mol. The second-order valence-electron chi connectivity index (χ2n) is 4.63. The van der Waals surface area contributed by atoms with Crippen LogP contribution in [0.25, 0.3) is 0 Å². The van der Waals surface area contributed by atoms with Crippen molar-refractivity contribution in [3.05, 3.63) is 35.4 Å². The molecule has 1 aromatic carbocycles. The van der Waals surface area contributed by atoms with Crippen LogP contribution in [0.5, 0.6) is 0 Å². The highest BCUT2D eigenvalue weighted by Crippen LogP contribution is 2.16. The fourth-order valence-corrected chi connectivity index (χ4v) is 1.55. The fraction of sp³-hybridized carbons (Fsp3) is 0.462. The SMILES string of the molecule is COC(C)(C)CC(=O)Cc1cc(F)cc(F)c1. The van der Waals surface area contributed by atoms with Crippen LogP contribution in [0.2, 0.25) is 0 Å². The zero-order valence-corrected chi connectivity index (χ0v) is 10.2. The van der Waals surface area contributed by atoms with Crippen LogP contribution in [-0.2, 0) is 16.0 Å². The van der Waals surface area contributed by atoms with Gasteiger partial charge in [0.1, 0.15) is 17.4 Å². The minimum atomic E-state index is -0.668. The number of carbonyl (C=O) groups is 1. The highest BCUT2D eigenvalue weighted by atomic mass is 19.1. The van der Waals surface area contributed by atoms with Gasteiger partial charge in [0.05, 0.1) is 5.60 Å². The molecule has 4 heteroatoms. The van der Waals surface area contributed by atoms with Crippen LogP contribution >= 0.6 is 0 Å². The molecule has 0 aliphatic heterocycles. The number of rotatable bonds is 5. The third-order valence-corrected chi connectivity index (χ3v) is 2.50. The van der Waals surface area contributed by atoms with Gasteiger partial charge in [-0.05, 0) is 31.5 Å². The molecular formula is C13H16F2O2. The van der Waals surface area contributed by atoms with Gasteiger partial charge in [0, 0.05) is 26.0 Å². The lowest BCUT2D eigenvalue weighted by molar-refractivity contribution is -0.123. The normalized spacial score (nSPS) is 11.6. The Bertz CT molecular complexity index is 394. The van der Waals surface area contributed by atoms with E-state index in [1.807, 2.05) is 0 Å². The highest BCUT2D eigenvalue weighted by molar-refractivity contribution is 5.81. The Morgan fingerprint density at radius 3 is 2.24 bits per heavy atom. The first-order chi connectivity index (χ1) is 7.82. The Hall–Kier alpha value is -1.29. The van der Waals surface area contributed by atoms with Crippen molar-refractivity contribution in [2.24, 2.45) is 0 Å². The Morgan fingerprint density at radius 2 is 1.76 bits per heavy atom. The molecule has 0 aromatic heterocycles. The molecule has 2 nitrogen and oxygen atoms in total. The second kappa shape index (κ2) is 5.36. The molecule has 0 N–H and O–H groups in total. The molecule has 0 saturated carbocycles. The number of ketones is 1. The summed E-state index contributed by atoms with van der Waals surface area (Å²) in [5.74, 6) is -1.44. The van der Waals surface area contributed by atoms with Crippen molar-refractivity contribution in [3.8, 4) is 0 Å². The van der Waals surface area contributed by atoms with Crippen molar-refractivity contribution in [3.63, 3.8) is 0 Å². The third kappa shape index (κ3) is 4.61. The van der Waals surface area contributed by atoms with Crippen LogP contribution in [0.15, 0.2) is 18.2 Å². The van der Waals surface area contributed by atoms with E-state index in [2.05, 4.69) is 0 Å². The van der Waals surface area contributed by atoms with E-state index in [1.54, 1.807) is 13.8 Å². The first kappa shape index (κ1) is 13.8. The number of benzene rings is 1. The number of methoxy groups -OCH3 is 1. The maximum Gasteiger partial charge on any atom is 0.140 e. The van der Waals surface area contributed by atoms with E-state index in [9.17, 15) is 13.6 Å². The molecule has 0 fully saturated rings. The van der Waals surface area contributed by atoms with Crippen LogP contribution in [-0.4, -0.2) is 18.5 Å². The van der Waals surface area contributed by atoms with Gasteiger partial charge >= 0.3 is 0 Å². The zero-order valence-electron chi connectivity index (χ0n) is 10.2. The molecule has 0 saturated heterocycles. The van der Waals surface area contributed by atoms with Crippen LogP contribution in [0.1, 0.15) is 25.8 Å². The molecule has 0 heterocycles. The van der Waals surface area contributed by atoms with Crippen LogP contribution in [0, 0.1) is 11.6 Å². The molecule has 0 amide bonds. The monoisotopic (exact) mass is 242 g/mol. The zero-order chi connectivity index (χ0) is 13.1. The quantitative estimate of drug-likeness (QED) is 0.793. The van der Waals surface area contributed by atoms with E-state index in [0.29, 0.717) is 5.56 Å². The van der Waals surface area contributed by atoms with Gasteiger partial charge in [-0.1, -0.05) is 0 Å². The van der Waals surface area contributed by atoms with E-state index in [0.717, 1.165) is 6.07 Å². The summed E-state index contributed by atoms with van der Waals surface area (Å²) in [6, 6.07) is 3.12. The molecule has 17 heavy (non-hydrogen) atoms. The van der Waals surface area contributed by atoms with Gasteiger partial charge in [-0.2, -0.15) is 0 Å². The van der Waals surface area contributed by atoms with Gasteiger partial charge in [0.25, 0.3) is 0 Å². The Kier molecular flexibility index (Phi) is 4.34. The minimum Gasteiger partial charge on any atom is -0.378 e. The molecule has 0 spiro atoms. The molecular weight excluding hydrogens is 226 g/mol. The van der Waals surface area contributed by atoms with E-state index in [1.165, 1.54) is 19.2 Å². The Labute approximate surface area is 99.6 Å². The molecule has 0 unspecified atom stereocenters. The molecule has 0 bridgehead atoms. The number of ether oxygens (including phenoxy) is 1. The first-order valence-corrected chi connectivity index (χ1v) is 5.34. The van der Waals surface area contributed by atoms with Gasteiger partial charge < -0.3 is 4.74 Å². The fourth-order valence-electron chi connectivity index (χ4n) is 1.55. The number of Topliss-reactive ketones (excluding diaryl/α,β-unsaturated/α-hetero) is 1. The molecule has 0 aliphatic carbocycles. The van der Waals surface area contributed by atoms with E-state index < -0.39 is 17.2 Å². The summed E-state index contributed by atoms with van der Waals surface area (Å²) in [7, 11) is 1.52. The summed E-state index contributed by atoms with van der Waals surface area (Å²) in [6.45, 7) is 3.58. The summed E-state index contributed by atoms with van der Waals surface area (Å²) in [6.07, 6.45) is 0.225. The molecule has 1 aromatic rings. The molecule has 1 rings (SSSR count). The van der Waals surface area contributed by atoms with Crippen molar-refractivity contribution < 1.29 is 18.3 Å². The van der Waals surface area contributed by atoms with Gasteiger partial charge in [-0.15, -0.1) is 0 Å². The van der Waals surface area contributed by atoms with Crippen LogP contribution < -0.4 is 0 Å². The number of hydrogen-bond acceptors (Lipinski definition) is 2. The number of halogens is 2. The predicted octanol–water partition coefficient (Wildman–Crippen LogP) is 2.89. The summed E-state index contributed by atoms with van der Waals surface area (Å²) in [4.78, 5) is 11.7. The topological polar surface area (TPSA) is 26.3 Å². The Morgan fingerprint density at radius 1 is 1.24 bits per heavy atom.